The molecule has 72 valence electrons. The van der Waals surface area contributed by atoms with Gasteiger partial charge >= 0.3 is 5.69 Å². The molecule has 1 aliphatic carbocycles. The third-order valence-electron chi connectivity index (χ3n) is 3.16. The summed E-state index contributed by atoms with van der Waals surface area (Å²) in [6.07, 6.45) is 4.95. The molecule has 0 spiro atoms. The molecule has 4 heteroatoms. The molecule has 14 heavy (non-hydrogen) atoms. The minimum atomic E-state index is -0.206. The van der Waals surface area contributed by atoms with Crippen LogP contribution in [-0.2, 0) is 13.5 Å². The third kappa shape index (κ3) is 0.737. The largest absolute Gasteiger partial charge is 0.331 e. The molecule has 0 saturated heterocycles. The van der Waals surface area contributed by atoms with Crippen molar-refractivity contribution < 1.29 is 0 Å². The summed E-state index contributed by atoms with van der Waals surface area (Å²) in [6.45, 7) is 0. The fraction of sp³-hybridized carbons (Fsp3) is 0.400. The lowest BCUT2D eigenvalue weighted by Crippen LogP contribution is -2.39. The molecule has 0 bridgehead atoms. The molecule has 2 heterocycles. The van der Waals surface area contributed by atoms with Crippen molar-refractivity contribution >= 4 is 0 Å². The predicted octanol–water partition coefficient (Wildman–Crippen LogP) is -0.170. The van der Waals surface area contributed by atoms with E-state index in [0.29, 0.717) is 5.92 Å². The lowest BCUT2D eigenvalue weighted by atomic mass is 9.89. The van der Waals surface area contributed by atoms with E-state index in [2.05, 4.69) is 6.08 Å². The van der Waals surface area contributed by atoms with Gasteiger partial charge in [-0.05, 0) is 6.42 Å². The molecule has 0 radical (unpaired) electrons. The lowest BCUT2D eigenvalue weighted by Gasteiger charge is -2.22. The van der Waals surface area contributed by atoms with Gasteiger partial charge in [0, 0.05) is 24.7 Å². The standard InChI is InChI=1S/C10H10N2O2/c1-11-9(13)5-7-4-6-2-3-8(6)12(7)10(11)14/h2-3,5-6,8H,4H2,1H3/t6-,8-/m1/s1. The summed E-state index contributed by atoms with van der Waals surface area (Å²) in [5.41, 5.74) is 0.477. The zero-order valence-electron chi connectivity index (χ0n) is 7.80. The van der Waals surface area contributed by atoms with Gasteiger partial charge < -0.3 is 0 Å². The van der Waals surface area contributed by atoms with Crippen molar-refractivity contribution in [3.05, 3.63) is 44.8 Å². The number of hydrogen-bond acceptors (Lipinski definition) is 2. The second-order valence-electron chi connectivity index (χ2n) is 3.93. The topological polar surface area (TPSA) is 44.0 Å². The Bertz CT molecular complexity index is 550. The van der Waals surface area contributed by atoms with E-state index in [4.69, 9.17) is 0 Å². The van der Waals surface area contributed by atoms with Gasteiger partial charge in [0.2, 0.25) is 0 Å². The van der Waals surface area contributed by atoms with Crippen LogP contribution >= 0.6 is 0 Å². The van der Waals surface area contributed by atoms with Crippen molar-refractivity contribution in [1.82, 2.24) is 9.13 Å². The number of rotatable bonds is 0. The molecular formula is C10H10N2O2. The first-order valence-corrected chi connectivity index (χ1v) is 4.68. The molecule has 0 unspecified atom stereocenters. The first-order chi connectivity index (χ1) is 6.68. The Kier molecular flexibility index (Phi) is 1.26. The summed E-state index contributed by atoms with van der Waals surface area (Å²) >= 11 is 0. The van der Waals surface area contributed by atoms with Gasteiger partial charge in [-0.2, -0.15) is 0 Å². The van der Waals surface area contributed by atoms with Crippen LogP contribution in [0.5, 0.6) is 0 Å². The summed E-state index contributed by atoms with van der Waals surface area (Å²) in [5.74, 6) is 0.435. The number of aromatic nitrogens is 2. The van der Waals surface area contributed by atoms with Crippen LogP contribution < -0.4 is 11.2 Å². The highest BCUT2D eigenvalue weighted by Gasteiger charge is 2.35. The van der Waals surface area contributed by atoms with E-state index in [0.717, 1.165) is 16.7 Å². The quantitative estimate of drug-likeness (QED) is 0.533. The fourth-order valence-electron chi connectivity index (χ4n) is 2.24. The van der Waals surface area contributed by atoms with Crippen LogP contribution in [-0.4, -0.2) is 9.13 Å². The zero-order valence-corrected chi connectivity index (χ0v) is 7.80. The average Bonchev–Trinajstić information content (AvgIpc) is 2.36. The first kappa shape index (κ1) is 7.79. The van der Waals surface area contributed by atoms with Crippen molar-refractivity contribution in [3.8, 4) is 0 Å². The van der Waals surface area contributed by atoms with Crippen molar-refractivity contribution in [3.63, 3.8) is 0 Å². The van der Waals surface area contributed by atoms with Crippen molar-refractivity contribution in [2.75, 3.05) is 0 Å². The second-order valence-corrected chi connectivity index (χ2v) is 3.93. The third-order valence-corrected chi connectivity index (χ3v) is 3.16. The van der Waals surface area contributed by atoms with Gasteiger partial charge in [0.25, 0.3) is 5.56 Å². The summed E-state index contributed by atoms with van der Waals surface area (Å²) in [4.78, 5) is 23.1. The fourth-order valence-corrected chi connectivity index (χ4v) is 2.24. The summed E-state index contributed by atoms with van der Waals surface area (Å²) in [5, 5.41) is 0. The lowest BCUT2D eigenvalue weighted by molar-refractivity contribution is 0.461. The molecule has 1 aromatic rings. The maximum absolute atomic E-state index is 11.8. The summed E-state index contributed by atoms with van der Waals surface area (Å²) in [7, 11) is 1.52. The monoisotopic (exact) mass is 190 g/mol. The first-order valence-electron chi connectivity index (χ1n) is 4.68. The Morgan fingerprint density at radius 2 is 2.14 bits per heavy atom. The molecule has 0 fully saturated rings. The SMILES string of the molecule is Cn1c(=O)cc2n(c1=O)[C@@H]1C=C[C@@H]1C2. The molecule has 0 N–H and O–H groups in total. The summed E-state index contributed by atoms with van der Waals surface area (Å²) < 4.78 is 2.89. The Balaban J connectivity index is 2.37. The Morgan fingerprint density at radius 3 is 2.79 bits per heavy atom. The Labute approximate surface area is 80.1 Å². The van der Waals surface area contributed by atoms with E-state index < -0.39 is 0 Å². The molecule has 0 aromatic carbocycles. The number of nitrogens with zero attached hydrogens (tertiary/aromatic N) is 2. The minimum absolute atomic E-state index is 0.190. The minimum Gasteiger partial charge on any atom is -0.290 e. The number of fused-ring (bicyclic) bond motifs is 3. The molecule has 1 aliphatic heterocycles. The molecule has 2 atom stereocenters. The Hall–Kier alpha value is -1.58. The molecule has 0 saturated carbocycles. The average molecular weight is 190 g/mol. The van der Waals surface area contributed by atoms with Crippen LogP contribution in [0.1, 0.15) is 11.7 Å². The maximum atomic E-state index is 11.8. The normalized spacial score (nSPS) is 26.9. The van der Waals surface area contributed by atoms with E-state index >= 15 is 0 Å². The van der Waals surface area contributed by atoms with Gasteiger partial charge in [-0.25, -0.2) is 4.79 Å². The van der Waals surface area contributed by atoms with E-state index in [9.17, 15) is 9.59 Å². The van der Waals surface area contributed by atoms with E-state index in [1.807, 2.05) is 6.08 Å². The van der Waals surface area contributed by atoms with E-state index in [1.54, 1.807) is 10.6 Å². The van der Waals surface area contributed by atoms with Gasteiger partial charge in [0.1, 0.15) is 0 Å². The van der Waals surface area contributed by atoms with Crippen LogP contribution in [0.2, 0.25) is 0 Å². The van der Waals surface area contributed by atoms with Crippen LogP contribution in [0, 0.1) is 5.92 Å². The van der Waals surface area contributed by atoms with Crippen molar-refractivity contribution in [2.45, 2.75) is 12.5 Å². The van der Waals surface area contributed by atoms with Gasteiger partial charge in [0.05, 0.1) is 6.04 Å². The van der Waals surface area contributed by atoms with Crippen LogP contribution in [0.3, 0.4) is 0 Å². The molecule has 0 amide bonds. The summed E-state index contributed by atoms with van der Waals surface area (Å²) in [6, 6.07) is 1.77. The molecular weight excluding hydrogens is 180 g/mol. The van der Waals surface area contributed by atoms with E-state index in [1.165, 1.54) is 7.05 Å². The zero-order chi connectivity index (χ0) is 9.87. The predicted molar refractivity (Wildman–Crippen MR) is 51.3 cm³/mol. The van der Waals surface area contributed by atoms with Crippen LogP contribution in [0.4, 0.5) is 0 Å². The molecule has 1 aromatic heterocycles. The Morgan fingerprint density at radius 1 is 1.36 bits per heavy atom. The van der Waals surface area contributed by atoms with Gasteiger partial charge in [0.15, 0.2) is 0 Å². The second kappa shape index (κ2) is 2.26. The van der Waals surface area contributed by atoms with Crippen molar-refractivity contribution in [2.24, 2.45) is 13.0 Å². The molecule has 2 aliphatic rings. The van der Waals surface area contributed by atoms with Gasteiger partial charge in [-0.1, -0.05) is 12.2 Å². The highest BCUT2D eigenvalue weighted by molar-refractivity contribution is 5.25. The molecule has 4 nitrogen and oxygen atoms in total. The smallest absolute Gasteiger partial charge is 0.290 e. The molecule has 3 rings (SSSR count). The highest BCUT2D eigenvalue weighted by atomic mass is 16.2. The van der Waals surface area contributed by atoms with Gasteiger partial charge in [-0.15, -0.1) is 0 Å². The highest BCUT2D eigenvalue weighted by Crippen LogP contribution is 2.38. The van der Waals surface area contributed by atoms with Crippen molar-refractivity contribution in [1.29, 1.82) is 0 Å². The van der Waals surface area contributed by atoms with E-state index in [-0.39, 0.29) is 17.3 Å². The van der Waals surface area contributed by atoms with Crippen LogP contribution in [0.15, 0.2) is 27.8 Å². The number of allylic oxidation sites excluding steroid dienone is 2. The van der Waals surface area contributed by atoms with Gasteiger partial charge in [-0.3, -0.25) is 13.9 Å². The van der Waals surface area contributed by atoms with Crippen LogP contribution in [0.25, 0.3) is 0 Å². The number of hydrogen-bond donors (Lipinski definition) is 0. The maximum Gasteiger partial charge on any atom is 0.331 e.